The first-order chi connectivity index (χ1) is 18.1. The second-order valence-electron chi connectivity index (χ2n) is 10.0. The second-order valence-corrected chi connectivity index (χ2v) is 10.4. The molecule has 0 bridgehead atoms. The molecule has 0 radical (unpaired) electrons. The summed E-state index contributed by atoms with van der Waals surface area (Å²) in [4.78, 5) is 15.9. The number of carbonyl (C=O) groups excluding carboxylic acids is 1. The van der Waals surface area contributed by atoms with Crippen molar-refractivity contribution >= 4 is 23.2 Å². The first kappa shape index (κ1) is 24.0. The van der Waals surface area contributed by atoms with Crippen molar-refractivity contribution in [3.63, 3.8) is 0 Å². The molecule has 3 aliphatic rings. The molecule has 1 unspecified atom stereocenters. The number of ether oxygens (including phenoxy) is 2. The van der Waals surface area contributed by atoms with Gasteiger partial charge in [-0.05, 0) is 67.6 Å². The Morgan fingerprint density at radius 1 is 0.946 bits per heavy atom. The number of likely N-dealkylation sites (tertiary alicyclic amines) is 1. The lowest BCUT2D eigenvalue weighted by molar-refractivity contribution is -0.134. The van der Waals surface area contributed by atoms with Crippen LogP contribution in [0.15, 0.2) is 77.9 Å². The van der Waals surface area contributed by atoms with Crippen molar-refractivity contribution in [3.8, 4) is 11.5 Å². The van der Waals surface area contributed by atoms with E-state index in [1.165, 1.54) is 5.56 Å². The number of piperidine rings is 1. The average molecular weight is 516 g/mol. The Balaban J connectivity index is 1.17. The van der Waals surface area contributed by atoms with Crippen molar-refractivity contribution in [2.75, 3.05) is 26.4 Å². The van der Waals surface area contributed by atoms with Crippen LogP contribution in [0.25, 0.3) is 0 Å². The summed E-state index contributed by atoms with van der Waals surface area (Å²) in [6, 6.07) is 24.0. The van der Waals surface area contributed by atoms with Crippen molar-refractivity contribution in [3.05, 3.63) is 94.5 Å². The Bertz CT molecular complexity index is 1300. The zero-order valence-corrected chi connectivity index (χ0v) is 21.4. The first-order valence-electron chi connectivity index (χ1n) is 12.9. The third kappa shape index (κ3) is 5.22. The summed E-state index contributed by atoms with van der Waals surface area (Å²) in [5.74, 6) is 2.10. The van der Waals surface area contributed by atoms with Crippen LogP contribution in [-0.4, -0.2) is 48.0 Å². The highest BCUT2D eigenvalue weighted by Gasteiger charge is 2.35. The summed E-state index contributed by atoms with van der Waals surface area (Å²) < 4.78 is 11.1. The molecule has 6 nitrogen and oxygen atoms in total. The fourth-order valence-corrected chi connectivity index (χ4v) is 5.78. The lowest BCUT2D eigenvalue weighted by atomic mass is 9.90. The molecular formula is C30H30ClN3O3. The molecule has 37 heavy (non-hydrogen) atoms. The van der Waals surface area contributed by atoms with Crippen LogP contribution in [0.4, 0.5) is 0 Å². The quantitative estimate of drug-likeness (QED) is 0.422. The number of hydrogen-bond donors (Lipinski definition) is 0. The summed E-state index contributed by atoms with van der Waals surface area (Å²) in [5, 5.41) is 7.12. The van der Waals surface area contributed by atoms with Gasteiger partial charge in [0.2, 0.25) is 6.79 Å². The molecule has 1 saturated heterocycles. The SMILES string of the molecule is O=C(CN1CCC(Cc2ccccc2)CC1)N1N=C(c2ccccc2Cl)CC1c1ccc2c(c1)OCO2. The Morgan fingerprint density at radius 3 is 2.51 bits per heavy atom. The molecule has 1 atom stereocenters. The summed E-state index contributed by atoms with van der Waals surface area (Å²) in [5.41, 5.74) is 4.06. The highest BCUT2D eigenvalue weighted by atomic mass is 35.5. The molecule has 1 fully saturated rings. The maximum atomic E-state index is 13.7. The van der Waals surface area contributed by atoms with E-state index in [-0.39, 0.29) is 18.7 Å². The molecular weight excluding hydrogens is 486 g/mol. The summed E-state index contributed by atoms with van der Waals surface area (Å²) in [7, 11) is 0. The van der Waals surface area contributed by atoms with Gasteiger partial charge in [-0.3, -0.25) is 9.69 Å². The topological polar surface area (TPSA) is 54.4 Å². The van der Waals surface area contributed by atoms with Crippen LogP contribution in [0.5, 0.6) is 11.5 Å². The number of rotatable bonds is 6. The minimum Gasteiger partial charge on any atom is -0.454 e. The maximum absolute atomic E-state index is 13.7. The number of hydrazone groups is 1. The fourth-order valence-electron chi connectivity index (χ4n) is 5.54. The van der Waals surface area contributed by atoms with Crippen LogP contribution < -0.4 is 9.47 Å². The van der Waals surface area contributed by atoms with Crippen molar-refractivity contribution in [2.24, 2.45) is 11.0 Å². The van der Waals surface area contributed by atoms with Gasteiger partial charge in [0.1, 0.15) is 0 Å². The monoisotopic (exact) mass is 515 g/mol. The van der Waals surface area contributed by atoms with Gasteiger partial charge < -0.3 is 9.47 Å². The zero-order chi connectivity index (χ0) is 25.2. The molecule has 6 rings (SSSR count). The molecule has 0 saturated carbocycles. The summed E-state index contributed by atoms with van der Waals surface area (Å²) in [6.07, 6.45) is 3.89. The average Bonchev–Trinajstić information content (AvgIpc) is 3.58. The van der Waals surface area contributed by atoms with Crippen molar-refractivity contribution < 1.29 is 14.3 Å². The van der Waals surface area contributed by atoms with E-state index in [1.54, 1.807) is 5.01 Å². The third-order valence-electron chi connectivity index (χ3n) is 7.57. The molecule has 3 aromatic carbocycles. The molecule has 3 heterocycles. The number of fused-ring (bicyclic) bond motifs is 1. The van der Waals surface area contributed by atoms with E-state index in [1.807, 2.05) is 42.5 Å². The van der Waals surface area contributed by atoms with Crippen LogP contribution in [0, 0.1) is 5.92 Å². The normalized spacial score (nSPS) is 19.8. The Labute approximate surface area is 222 Å². The zero-order valence-electron chi connectivity index (χ0n) is 20.7. The first-order valence-corrected chi connectivity index (χ1v) is 13.3. The maximum Gasteiger partial charge on any atom is 0.257 e. The summed E-state index contributed by atoms with van der Waals surface area (Å²) >= 11 is 6.50. The Kier molecular flexibility index (Phi) is 6.85. The lowest BCUT2D eigenvalue weighted by Crippen LogP contribution is -2.42. The number of halogens is 1. The van der Waals surface area contributed by atoms with Crippen LogP contribution in [0.2, 0.25) is 5.02 Å². The smallest absolute Gasteiger partial charge is 0.257 e. The number of carbonyl (C=O) groups is 1. The standard InChI is InChI=1S/C30H30ClN3O3/c31-25-9-5-4-8-24(25)26-18-27(23-10-11-28-29(17-23)37-20-36-28)34(32-26)30(35)19-33-14-12-22(13-15-33)16-21-6-2-1-3-7-21/h1-11,17,22,27H,12-16,18-20H2. The van der Waals surface area contributed by atoms with Gasteiger partial charge in [-0.15, -0.1) is 0 Å². The highest BCUT2D eigenvalue weighted by Crippen LogP contribution is 2.40. The molecule has 0 spiro atoms. The van der Waals surface area contributed by atoms with Crippen molar-refractivity contribution in [1.82, 2.24) is 9.91 Å². The molecule has 7 heteroatoms. The molecule has 0 N–H and O–H groups in total. The van der Waals surface area contributed by atoms with Crippen LogP contribution in [0.3, 0.4) is 0 Å². The Morgan fingerprint density at radius 2 is 1.70 bits per heavy atom. The second kappa shape index (κ2) is 10.6. The molecule has 3 aliphatic heterocycles. The van der Waals surface area contributed by atoms with E-state index < -0.39 is 0 Å². The minimum atomic E-state index is -0.219. The van der Waals surface area contributed by atoms with Crippen LogP contribution >= 0.6 is 11.6 Å². The number of hydrogen-bond acceptors (Lipinski definition) is 5. The lowest BCUT2D eigenvalue weighted by Gasteiger charge is -2.33. The van der Waals surface area contributed by atoms with Crippen LogP contribution in [-0.2, 0) is 11.2 Å². The number of amides is 1. The number of benzene rings is 3. The van der Waals surface area contributed by atoms with Gasteiger partial charge in [0, 0.05) is 17.0 Å². The largest absolute Gasteiger partial charge is 0.454 e. The van der Waals surface area contributed by atoms with Gasteiger partial charge >= 0.3 is 0 Å². The van der Waals surface area contributed by atoms with E-state index in [9.17, 15) is 4.79 Å². The van der Waals surface area contributed by atoms with Gasteiger partial charge in [0.25, 0.3) is 5.91 Å². The highest BCUT2D eigenvalue weighted by molar-refractivity contribution is 6.34. The van der Waals surface area contributed by atoms with E-state index in [2.05, 4.69) is 35.2 Å². The van der Waals surface area contributed by atoms with Gasteiger partial charge in [-0.1, -0.05) is 66.2 Å². The Hall–Kier alpha value is -3.35. The predicted molar refractivity (Wildman–Crippen MR) is 144 cm³/mol. The minimum absolute atomic E-state index is 0.00577. The summed E-state index contributed by atoms with van der Waals surface area (Å²) in [6.45, 7) is 2.42. The van der Waals surface area contributed by atoms with Crippen molar-refractivity contribution in [2.45, 2.75) is 31.7 Å². The van der Waals surface area contributed by atoms with Crippen LogP contribution in [0.1, 0.15) is 42.0 Å². The molecule has 190 valence electrons. The molecule has 1 amide bonds. The third-order valence-corrected chi connectivity index (χ3v) is 7.89. The molecule has 0 aliphatic carbocycles. The van der Waals surface area contributed by atoms with E-state index >= 15 is 0 Å². The van der Waals surface area contributed by atoms with Gasteiger partial charge in [-0.25, -0.2) is 5.01 Å². The van der Waals surface area contributed by atoms with E-state index in [4.69, 9.17) is 26.2 Å². The van der Waals surface area contributed by atoms with Crippen molar-refractivity contribution in [1.29, 1.82) is 0 Å². The molecule has 0 aromatic heterocycles. The van der Waals surface area contributed by atoms with Gasteiger partial charge in [0.15, 0.2) is 11.5 Å². The molecule has 3 aromatic rings. The van der Waals surface area contributed by atoms with Gasteiger partial charge in [0.05, 0.1) is 18.3 Å². The fraction of sp³-hybridized carbons (Fsp3) is 0.333. The van der Waals surface area contributed by atoms with Gasteiger partial charge in [-0.2, -0.15) is 5.10 Å². The van der Waals surface area contributed by atoms with E-state index in [0.29, 0.717) is 29.7 Å². The predicted octanol–water partition coefficient (Wildman–Crippen LogP) is 5.70. The number of nitrogens with zero attached hydrogens (tertiary/aromatic N) is 3. The van der Waals surface area contributed by atoms with E-state index in [0.717, 1.165) is 54.9 Å².